The van der Waals surface area contributed by atoms with E-state index >= 15 is 0 Å². The quantitative estimate of drug-likeness (QED) is 0.809. The Labute approximate surface area is 109 Å². The number of piperidine rings is 1. The van der Waals surface area contributed by atoms with Crippen molar-refractivity contribution in [1.29, 1.82) is 0 Å². The summed E-state index contributed by atoms with van der Waals surface area (Å²) in [4.78, 5) is 24.6. The van der Waals surface area contributed by atoms with Crippen molar-refractivity contribution >= 4 is 12.0 Å². The first-order valence-electron chi connectivity index (χ1n) is 6.72. The predicted octanol–water partition coefficient (Wildman–Crippen LogP) is 2.07. The normalized spacial score (nSPS) is 25.6. The molecule has 3 atom stereocenters. The molecular formula is C13H24N2O3. The smallest absolute Gasteiger partial charge is 0.317 e. The van der Waals surface area contributed by atoms with Gasteiger partial charge in [-0.1, -0.05) is 6.92 Å². The fraction of sp³-hybridized carbons (Fsp3) is 0.846. The monoisotopic (exact) mass is 256 g/mol. The summed E-state index contributed by atoms with van der Waals surface area (Å²) >= 11 is 0. The Bertz CT molecular complexity index is 297. The topological polar surface area (TPSA) is 69.6 Å². The van der Waals surface area contributed by atoms with Crippen LogP contribution in [0.5, 0.6) is 0 Å². The van der Waals surface area contributed by atoms with Crippen LogP contribution in [0.15, 0.2) is 0 Å². The van der Waals surface area contributed by atoms with Crippen molar-refractivity contribution in [2.75, 3.05) is 6.54 Å². The Morgan fingerprint density at radius 3 is 2.39 bits per heavy atom. The largest absolute Gasteiger partial charge is 0.481 e. The van der Waals surface area contributed by atoms with Crippen LogP contribution < -0.4 is 5.32 Å². The van der Waals surface area contributed by atoms with Crippen LogP contribution in [0.3, 0.4) is 0 Å². The summed E-state index contributed by atoms with van der Waals surface area (Å²) in [5, 5.41) is 11.6. The van der Waals surface area contributed by atoms with E-state index in [0.29, 0.717) is 13.0 Å². The lowest BCUT2D eigenvalue weighted by atomic mass is 9.98. The van der Waals surface area contributed by atoms with Crippen molar-refractivity contribution in [3.05, 3.63) is 0 Å². The molecule has 0 aromatic carbocycles. The van der Waals surface area contributed by atoms with E-state index < -0.39 is 11.9 Å². The van der Waals surface area contributed by atoms with Gasteiger partial charge in [0.15, 0.2) is 0 Å². The summed E-state index contributed by atoms with van der Waals surface area (Å²) in [6.07, 6.45) is 3.73. The van der Waals surface area contributed by atoms with E-state index in [1.54, 1.807) is 6.92 Å². The lowest BCUT2D eigenvalue weighted by molar-refractivity contribution is -0.141. The van der Waals surface area contributed by atoms with Gasteiger partial charge < -0.3 is 15.3 Å². The van der Waals surface area contributed by atoms with Crippen molar-refractivity contribution in [1.82, 2.24) is 10.2 Å². The Balaban J connectivity index is 2.37. The molecule has 1 fully saturated rings. The number of urea groups is 1. The number of hydrogen-bond acceptors (Lipinski definition) is 2. The van der Waals surface area contributed by atoms with Gasteiger partial charge in [-0.05, 0) is 39.5 Å². The van der Waals surface area contributed by atoms with Crippen molar-refractivity contribution in [3.8, 4) is 0 Å². The first kappa shape index (κ1) is 14.8. The summed E-state index contributed by atoms with van der Waals surface area (Å²) in [6, 6.07) is 0.476. The number of carbonyl (C=O) groups excluding carboxylic acids is 1. The second-order valence-corrected chi connectivity index (χ2v) is 5.30. The molecular weight excluding hydrogens is 232 g/mol. The average molecular weight is 256 g/mol. The number of carbonyl (C=O) groups is 2. The van der Waals surface area contributed by atoms with Crippen LogP contribution in [0.2, 0.25) is 0 Å². The Hall–Kier alpha value is -1.26. The number of nitrogens with zero attached hydrogens (tertiary/aromatic N) is 1. The molecule has 2 amide bonds. The first-order chi connectivity index (χ1) is 8.43. The molecule has 1 aliphatic heterocycles. The van der Waals surface area contributed by atoms with E-state index in [1.165, 1.54) is 6.42 Å². The van der Waals surface area contributed by atoms with Crippen LogP contribution >= 0.6 is 0 Å². The van der Waals surface area contributed by atoms with Gasteiger partial charge in [0.2, 0.25) is 0 Å². The maximum absolute atomic E-state index is 12.0. The first-order valence-corrected chi connectivity index (χ1v) is 6.72. The molecule has 1 aliphatic rings. The van der Waals surface area contributed by atoms with E-state index in [0.717, 1.165) is 12.8 Å². The van der Waals surface area contributed by atoms with Gasteiger partial charge in [-0.2, -0.15) is 0 Å². The third-order valence-electron chi connectivity index (χ3n) is 3.70. The number of amides is 2. The Kier molecular flexibility index (Phi) is 5.44. The highest BCUT2D eigenvalue weighted by molar-refractivity contribution is 5.75. The summed E-state index contributed by atoms with van der Waals surface area (Å²) < 4.78 is 0. The minimum Gasteiger partial charge on any atom is -0.481 e. The minimum absolute atomic E-state index is 0.0627. The standard InChI is InChI=1S/C13H24N2O3/c1-9(12(16)17)7-8-14-13(18)15-10(2)5-4-6-11(15)3/h9-11H,4-8H2,1-3H3,(H,14,18)(H,16,17). The van der Waals surface area contributed by atoms with Gasteiger partial charge in [0.05, 0.1) is 5.92 Å². The molecule has 1 rings (SSSR count). The molecule has 1 saturated heterocycles. The maximum atomic E-state index is 12.0. The molecule has 0 aromatic rings. The molecule has 3 unspecified atom stereocenters. The lowest BCUT2D eigenvalue weighted by Gasteiger charge is -2.38. The van der Waals surface area contributed by atoms with Gasteiger partial charge in [-0.15, -0.1) is 0 Å². The minimum atomic E-state index is -0.816. The van der Waals surface area contributed by atoms with Gasteiger partial charge >= 0.3 is 12.0 Å². The van der Waals surface area contributed by atoms with Gasteiger partial charge in [-0.3, -0.25) is 4.79 Å². The summed E-state index contributed by atoms with van der Waals surface area (Å²) in [6.45, 7) is 6.20. The molecule has 18 heavy (non-hydrogen) atoms. The number of carboxylic acid groups (broad SMARTS) is 1. The lowest BCUT2D eigenvalue weighted by Crippen LogP contribution is -2.52. The highest BCUT2D eigenvalue weighted by atomic mass is 16.4. The summed E-state index contributed by atoms with van der Waals surface area (Å²) in [7, 11) is 0. The molecule has 104 valence electrons. The zero-order valence-electron chi connectivity index (χ0n) is 11.5. The number of likely N-dealkylation sites (tertiary alicyclic amines) is 1. The second-order valence-electron chi connectivity index (χ2n) is 5.30. The second kappa shape index (κ2) is 6.61. The SMILES string of the molecule is CC(CCNC(=O)N1C(C)CCCC1C)C(=O)O. The zero-order chi connectivity index (χ0) is 13.7. The summed E-state index contributed by atoms with van der Waals surface area (Å²) in [5.41, 5.74) is 0. The van der Waals surface area contributed by atoms with Crippen LogP contribution in [0.25, 0.3) is 0 Å². The highest BCUT2D eigenvalue weighted by Crippen LogP contribution is 2.22. The number of aliphatic carboxylic acids is 1. The van der Waals surface area contributed by atoms with Crippen LogP contribution in [0, 0.1) is 5.92 Å². The molecule has 1 heterocycles. The molecule has 5 nitrogen and oxygen atoms in total. The van der Waals surface area contributed by atoms with Gasteiger partial charge in [0, 0.05) is 18.6 Å². The van der Waals surface area contributed by atoms with Crippen LogP contribution in [-0.4, -0.2) is 40.6 Å². The zero-order valence-corrected chi connectivity index (χ0v) is 11.5. The molecule has 2 N–H and O–H groups in total. The molecule has 0 aromatic heterocycles. The van der Waals surface area contributed by atoms with E-state index in [4.69, 9.17) is 5.11 Å². The fourth-order valence-electron chi connectivity index (χ4n) is 2.43. The van der Waals surface area contributed by atoms with Crippen molar-refractivity contribution in [2.24, 2.45) is 5.92 Å². The van der Waals surface area contributed by atoms with Crippen LogP contribution in [0.1, 0.15) is 46.5 Å². The number of rotatable bonds is 4. The van der Waals surface area contributed by atoms with Crippen LogP contribution in [0.4, 0.5) is 4.79 Å². The molecule has 0 aliphatic carbocycles. The van der Waals surface area contributed by atoms with Crippen molar-refractivity contribution in [3.63, 3.8) is 0 Å². The van der Waals surface area contributed by atoms with E-state index in [9.17, 15) is 9.59 Å². The Morgan fingerprint density at radius 2 is 1.89 bits per heavy atom. The van der Waals surface area contributed by atoms with E-state index in [1.807, 2.05) is 4.90 Å². The molecule has 5 heteroatoms. The fourth-order valence-corrected chi connectivity index (χ4v) is 2.43. The molecule has 0 saturated carbocycles. The van der Waals surface area contributed by atoms with Gasteiger partial charge in [-0.25, -0.2) is 4.79 Å². The number of hydrogen-bond donors (Lipinski definition) is 2. The molecule has 0 radical (unpaired) electrons. The van der Waals surface area contributed by atoms with E-state index in [2.05, 4.69) is 19.2 Å². The van der Waals surface area contributed by atoms with Crippen molar-refractivity contribution < 1.29 is 14.7 Å². The third-order valence-corrected chi connectivity index (χ3v) is 3.70. The van der Waals surface area contributed by atoms with Crippen molar-refractivity contribution in [2.45, 2.75) is 58.5 Å². The van der Waals surface area contributed by atoms with Gasteiger partial charge in [0.1, 0.15) is 0 Å². The van der Waals surface area contributed by atoms with Crippen LogP contribution in [-0.2, 0) is 4.79 Å². The maximum Gasteiger partial charge on any atom is 0.317 e. The van der Waals surface area contributed by atoms with E-state index in [-0.39, 0.29) is 18.1 Å². The Morgan fingerprint density at radius 1 is 1.33 bits per heavy atom. The highest BCUT2D eigenvalue weighted by Gasteiger charge is 2.28. The molecule has 0 bridgehead atoms. The number of carboxylic acids is 1. The number of nitrogens with one attached hydrogen (secondary N) is 1. The third kappa shape index (κ3) is 3.89. The average Bonchev–Trinajstić information content (AvgIpc) is 2.28. The molecule has 0 spiro atoms. The van der Waals surface area contributed by atoms with Gasteiger partial charge in [0.25, 0.3) is 0 Å². The predicted molar refractivity (Wildman–Crippen MR) is 69.4 cm³/mol. The summed E-state index contributed by atoms with van der Waals surface area (Å²) in [5.74, 6) is -1.23.